The molecule has 0 saturated heterocycles. The lowest BCUT2D eigenvalue weighted by Crippen LogP contribution is -2.14. The Kier molecular flexibility index (Phi) is 6.42. The van der Waals surface area contributed by atoms with Crippen molar-refractivity contribution < 1.29 is 23.8 Å². The van der Waals surface area contributed by atoms with E-state index in [1.54, 1.807) is 39.0 Å². The summed E-state index contributed by atoms with van der Waals surface area (Å²) in [7, 11) is 2.89. The second-order valence-electron chi connectivity index (χ2n) is 5.82. The van der Waals surface area contributed by atoms with Gasteiger partial charge in [0, 0.05) is 0 Å². The van der Waals surface area contributed by atoms with Crippen LogP contribution in [0.1, 0.15) is 45.0 Å². The molecule has 0 aliphatic heterocycles. The molecule has 1 aromatic carbocycles. The molecule has 0 fully saturated rings. The number of hydrogen-bond acceptors (Lipinski definition) is 7. The molecular formula is C19H20N2O5S. The lowest BCUT2D eigenvalue weighted by atomic mass is 10.1. The average molecular weight is 388 g/mol. The minimum atomic E-state index is -0.528. The van der Waals surface area contributed by atoms with Crippen molar-refractivity contribution >= 4 is 28.2 Å². The van der Waals surface area contributed by atoms with Gasteiger partial charge in [-0.2, -0.15) is 5.26 Å². The number of carbonyl (C=O) groups is 2. The van der Waals surface area contributed by atoms with Crippen molar-refractivity contribution in [3.8, 4) is 17.6 Å². The Hall–Kier alpha value is -3.05. The molecule has 2 rings (SSSR count). The van der Waals surface area contributed by atoms with Crippen LogP contribution in [-0.4, -0.2) is 32.2 Å². The monoisotopic (exact) mass is 388 g/mol. The summed E-state index contributed by atoms with van der Waals surface area (Å²) in [6, 6.07) is 7.00. The van der Waals surface area contributed by atoms with Crippen LogP contribution < -0.4 is 14.8 Å². The number of benzene rings is 1. The van der Waals surface area contributed by atoms with Crippen LogP contribution in [-0.2, 0) is 4.74 Å². The molecule has 0 spiro atoms. The first-order valence-corrected chi connectivity index (χ1v) is 8.92. The number of rotatable bonds is 6. The van der Waals surface area contributed by atoms with Crippen molar-refractivity contribution in [3.05, 3.63) is 39.8 Å². The van der Waals surface area contributed by atoms with Gasteiger partial charge in [0.25, 0.3) is 5.91 Å². The van der Waals surface area contributed by atoms with Crippen LogP contribution in [0.4, 0.5) is 5.00 Å². The molecular weight excluding hydrogens is 368 g/mol. The highest BCUT2D eigenvalue weighted by Crippen LogP contribution is 2.35. The summed E-state index contributed by atoms with van der Waals surface area (Å²) < 4.78 is 15.7. The number of thiophene rings is 1. The molecule has 0 aliphatic rings. The first-order valence-electron chi connectivity index (χ1n) is 8.10. The molecule has 0 bridgehead atoms. The van der Waals surface area contributed by atoms with Crippen LogP contribution in [0, 0.1) is 18.3 Å². The zero-order valence-corrected chi connectivity index (χ0v) is 16.5. The van der Waals surface area contributed by atoms with Gasteiger partial charge in [0.05, 0.1) is 25.9 Å². The summed E-state index contributed by atoms with van der Waals surface area (Å²) in [5.74, 6) is -0.374. The number of nitriles is 1. The van der Waals surface area contributed by atoms with Gasteiger partial charge in [-0.1, -0.05) is 6.07 Å². The number of anilines is 1. The van der Waals surface area contributed by atoms with Gasteiger partial charge in [0.1, 0.15) is 33.0 Å². The van der Waals surface area contributed by atoms with E-state index in [0.717, 1.165) is 11.3 Å². The number of carbonyl (C=O) groups excluding carboxylic acids is 2. The second kappa shape index (κ2) is 8.56. The van der Waals surface area contributed by atoms with Crippen LogP contribution in [0.25, 0.3) is 0 Å². The number of methoxy groups -OCH3 is 2. The van der Waals surface area contributed by atoms with Gasteiger partial charge in [-0.05, 0) is 38.5 Å². The molecule has 0 radical (unpaired) electrons. The fourth-order valence-electron chi connectivity index (χ4n) is 2.44. The molecule has 0 aliphatic carbocycles. The summed E-state index contributed by atoms with van der Waals surface area (Å²) >= 11 is 1.00. The number of amides is 1. The quantitative estimate of drug-likeness (QED) is 0.757. The fourth-order valence-corrected chi connectivity index (χ4v) is 3.47. The third-order valence-electron chi connectivity index (χ3n) is 3.67. The number of esters is 1. The van der Waals surface area contributed by atoms with E-state index >= 15 is 0 Å². The average Bonchev–Trinajstić information content (AvgIpc) is 2.95. The second-order valence-corrected chi connectivity index (χ2v) is 6.84. The molecule has 1 aromatic heterocycles. The van der Waals surface area contributed by atoms with Crippen LogP contribution in [0.15, 0.2) is 18.2 Å². The van der Waals surface area contributed by atoms with Crippen LogP contribution in [0.2, 0.25) is 0 Å². The molecule has 2 aromatic rings. The smallest absolute Gasteiger partial charge is 0.348 e. The largest absolute Gasteiger partial charge is 0.496 e. The molecule has 7 nitrogen and oxygen atoms in total. The predicted octanol–water partition coefficient (Wildman–Crippen LogP) is 3.76. The summed E-state index contributed by atoms with van der Waals surface area (Å²) in [4.78, 5) is 25.3. The van der Waals surface area contributed by atoms with E-state index in [0.29, 0.717) is 17.1 Å². The minimum Gasteiger partial charge on any atom is -0.496 e. The standard InChI is InChI=1S/C19H20N2O5S/c1-10(2)26-19(23)16-11(3)12(9-20)18(27-16)21-17(22)15-13(24-4)7-6-8-14(15)25-5/h6-8,10H,1-5H3,(H,21,22). The van der Waals surface area contributed by atoms with Crippen LogP contribution in [0.3, 0.4) is 0 Å². The molecule has 27 heavy (non-hydrogen) atoms. The van der Waals surface area contributed by atoms with E-state index in [1.807, 2.05) is 6.07 Å². The van der Waals surface area contributed by atoms with Gasteiger partial charge in [-0.25, -0.2) is 4.79 Å². The maximum absolute atomic E-state index is 12.8. The van der Waals surface area contributed by atoms with Gasteiger partial charge in [0.2, 0.25) is 0 Å². The highest BCUT2D eigenvalue weighted by molar-refractivity contribution is 7.18. The van der Waals surface area contributed by atoms with Gasteiger partial charge >= 0.3 is 5.97 Å². The third-order valence-corrected chi connectivity index (χ3v) is 4.86. The molecule has 1 heterocycles. The van der Waals surface area contributed by atoms with E-state index in [9.17, 15) is 14.9 Å². The van der Waals surface area contributed by atoms with Gasteiger partial charge in [-0.3, -0.25) is 4.79 Å². The van der Waals surface area contributed by atoms with E-state index < -0.39 is 11.9 Å². The highest BCUT2D eigenvalue weighted by Gasteiger charge is 2.25. The van der Waals surface area contributed by atoms with Gasteiger partial charge in [-0.15, -0.1) is 11.3 Å². The minimum absolute atomic E-state index is 0.198. The van der Waals surface area contributed by atoms with E-state index in [2.05, 4.69) is 5.32 Å². The first-order chi connectivity index (χ1) is 12.8. The van der Waals surface area contributed by atoms with E-state index in [4.69, 9.17) is 14.2 Å². The van der Waals surface area contributed by atoms with Crippen LogP contribution >= 0.6 is 11.3 Å². The Bertz CT molecular complexity index is 889. The normalized spacial score (nSPS) is 10.3. The molecule has 0 atom stereocenters. The Morgan fingerprint density at radius 3 is 2.26 bits per heavy atom. The third kappa shape index (κ3) is 4.20. The molecule has 1 N–H and O–H groups in total. The number of nitrogens with one attached hydrogen (secondary N) is 1. The Labute approximate surface area is 161 Å². The van der Waals surface area contributed by atoms with Crippen molar-refractivity contribution in [3.63, 3.8) is 0 Å². The van der Waals surface area contributed by atoms with Crippen molar-refractivity contribution in [1.29, 1.82) is 5.26 Å². The molecule has 0 unspecified atom stereocenters. The molecule has 0 saturated carbocycles. The SMILES string of the molecule is COc1cccc(OC)c1C(=O)Nc1sc(C(=O)OC(C)C)c(C)c1C#N. The molecule has 1 amide bonds. The zero-order chi connectivity index (χ0) is 20.1. The van der Waals surface area contributed by atoms with Gasteiger partial charge < -0.3 is 19.5 Å². The van der Waals surface area contributed by atoms with Crippen molar-refractivity contribution in [2.24, 2.45) is 0 Å². The number of ether oxygens (including phenoxy) is 3. The van der Waals surface area contributed by atoms with Crippen molar-refractivity contribution in [2.45, 2.75) is 26.9 Å². The maximum atomic E-state index is 12.8. The van der Waals surface area contributed by atoms with Crippen molar-refractivity contribution in [1.82, 2.24) is 0 Å². The number of hydrogen-bond donors (Lipinski definition) is 1. The topological polar surface area (TPSA) is 97.7 Å². The van der Waals surface area contributed by atoms with E-state index in [-0.39, 0.29) is 27.1 Å². The summed E-state index contributed by atoms with van der Waals surface area (Å²) in [5, 5.41) is 12.4. The first kappa shape index (κ1) is 20.3. The fraction of sp³-hybridized carbons (Fsp3) is 0.316. The maximum Gasteiger partial charge on any atom is 0.348 e. The Balaban J connectivity index is 2.43. The Morgan fingerprint density at radius 1 is 1.19 bits per heavy atom. The van der Waals surface area contributed by atoms with Crippen molar-refractivity contribution in [2.75, 3.05) is 19.5 Å². The summed E-state index contributed by atoms with van der Waals surface area (Å²) in [5.41, 5.74) is 0.886. The summed E-state index contributed by atoms with van der Waals surface area (Å²) in [6.07, 6.45) is -0.291. The predicted molar refractivity (Wildman–Crippen MR) is 102 cm³/mol. The summed E-state index contributed by atoms with van der Waals surface area (Å²) in [6.45, 7) is 5.12. The highest BCUT2D eigenvalue weighted by atomic mass is 32.1. The van der Waals surface area contributed by atoms with Crippen LogP contribution in [0.5, 0.6) is 11.5 Å². The molecule has 142 valence electrons. The zero-order valence-electron chi connectivity index (χ0n) is 15.7. The lowest BCUT2D eigenvalue weighted by Gasteiger charge is -2.12. The number of nitrogens with zero attached hydrogens (tertiary/aromatic N) is 1. The van der Waals surface area contributed by atoms with Gasteiger partial charge in [0.15, 0.2) is 0 Å². The molecule has 8 heteroatoms. The van der Waals surface area contributed by atoms with E-state index in [1.165, 1.54) is 14.2 Å². The Morgan fingerprint density at radius 2 is 1.78 bits per heavy atom. The lowest BCUT2D eigenvalue weighted by molar-refractivity contribution is 0.0383.